The predicted octanol–water partition coefficient (Wildman–Crippen LogP) is 2.42. The Morgan fingerprint density at radius 3 is 2.56 bits per heavy atom. The van der Waals surface area contributed by atoms with Crippen molar-refractivity contribution in [1.29, 1.82) is 0 Å². The molecule has 0 bridgehead atoms. The van der Waals surface area contributed by atoms with Gasteiger partial charge in [0.25, 0.3) is 0 Å². The Hall–Kier alpha value is -2.92. The smallest absolute Gasteiger partial charge is 0.408 e. The molecule has 1 aliphatic heterocycles. The summed E-state index contributed by atoms with van der Waals surface area (Å²) in [5.41, 5.74) is -0.669. The van der Waals surface area contributed by atoms with Crippen LogP contribution in [0.5, 0.6) is 0 Å². The molecule has 1 aliphatic rings. The zero-order valence-electron chi connectivity index (χ0n) is 17.9. The van der Waals surface area contributed by atoms with E-state index in [4.69, 9.17) is 16.3 Å². The second-order valence-electron chi connectivity index (χ2n) is 8.20. The van der Waals surface area contributed by atoms with E-state index in [9.17, 15) is 14.4 Å². The minimum absolute atomic E-state index is 0.205. The SMILES string of the molecule is CC(C)(C)OC(=O)N[C@@H]1CN(c2nccs2)CC[C@@H]1NC(=O)C(=O)Nc1ccc(Cl)cn1. The van der Waals surface area contributed by atoms with Crippen LogP contribution < -0.4 is 20.9 Å². The number of rotatable bonds is 4. The van der Waals surface area contributed by atoms with Gasteiger partial charge in [-0.15, -0.1) is 11.3 Å². The summed E-state index contributed by atoms with van der Waals surface area (Å²) in [5, 5.41) is 11.1. The van der Waals surface area contributed by atoms with Crippen LogP contribution in [0.4, 0.5) is 15.7 Å². The molecule has 3 N–H and O–H groups in total. The third-order valence-corrected chi connectivity index (χ3v) is 5.55. The molecule has 172 valence electrons. The molecule has 0 aliphatic carbocycles. The summed E-state index contributed by atoms with van der Waals surface area (Å²) >= 11 is 7.26. The molecule has 0 aromatic carbocycles. The lowest BCUT2D eigenvalue weighted by Crippen LogP contribution is -2.62. The molecular formula is C20H25ClN6O4S. The highest BCUT2D eigenvalue weighted by molar-refractivity contribution is 7.13. The minimum Gasteiger partial charge on any atom is -0.444 e. The second-order valence-corrected chi connectivity index (χ2v) is 9.51. The first-order valence-corrected chi connectivity index (χ1v) is 11.2. The van der Waals surface area contributed by atoms with Crippen LogP contribution in [0.1, 0.15) is 27.2 Å². The number of carbonyl (C=O) groups is 3. The highest BCUT2D eigenvalue weighted by atomic mass is 35.5. The van der Waals surface area contributed by atoms with Crippen LogP contribution in [0.25, 0.3) is 0 Å². The first-order chi connectivity index (χ1) is 15.1. The summed E-state index contributed by atoms with van der Waals surface area (Å²) in [7, 11) is 0. The summed E-state index contributed by atoms with van der Waals surface area (Å²) in [5.74, 6) is -1.49. The number of carbonyl (C=O) groups excluding carboxylic acids is 3. The van der Waals surface area contributed by atoms with Crippen LogP contribution in [0.2, 0.25) is 5.02 Å². The Kier molecular flexibility index (Phi) is 7.52. The van der Waals surface area contributed by atoms with Crippen molar-refractivity contribution in [2.24, 2.45) is 0 Å². The first-order valence-electron chi connectivity index (χ1n) is 9.98. The molecule has 32 heavy (non-hydrogen) atoms. The molecule has 1 fully saturated rings. The molecule has 2 aromatic rings. The van der Waals surface area contributed by atoms with Crippen LogP contribution in [0, 0.1) is 0 Å². The number of nitrogens with zero attached hydrogens (tertiary/aromatic N) is 3. The van der Waals surface area contributed by atoms with Gasteiger partial charge in [-0.1, -0.05) is 11.6 Å². The van der Waals surface area contributed by atoms with Crippen molar-refractivity contribution >= 4 is 51.8 Å². The summed E-state index contributed by atoms with van der Waals surface area (Å²) in [6, 6.07) is 2.08. The van der Waals surface area contributed by atoms with Gasteiger partial charge in [-0.3, -0.25) is 9.59 Å². The van der Waals surface area contributed by atoms with Crippen LogP contribution in [-0.4, -0.2) is 58.6 Å². The number of pyridine rings is 1. The Labute approximate surface area is 194 Å². The number of hydrogen-bond acceptors (Lipinski definition) is 8. The summed E-state index contributed by atoms with van der Waals surface area (Å²) in [6.07, 6.45) is 2.97. The van der Waals surface area contributed by atoms with Crippen LogP contribution in [0.15, 0.2) is 29.9 Å². The van der Waals surface area contributed by atoms with E-state index >= 15 is 0 Å². The van der Waals surface area contributed by atoms with Crippen molar-refractivity contribution in [2.75, 3.05) is 23.3 Å². The normalized spacial score (nSPS) is 18.6. The molecule has 0 saturated carbocycles. The molecule has 2 atom stereocenters. The van der Waals surface area contributed by atoms with Crippen LogP contribution in [0.3, 0.4) is 0 Å². The van der Waals surface area contributed by atoms with Gasteiger partial charge in [0.15, 0.2) is 5.13 Å². The second kappa shape index (κ2) is 10.1. The van der Waals surface area contributed by atoms with E-state index in [1.54, 1.807) is 33.0 Å². The van der Waals surface area contributed by atoms with Gasteiger partial charge in [-0.05, 0) is 39.3 Å². The number of anilines is 2. The number of amides is 3. The number of piperidine rings is 1. The van der Waals surface area contributed by atoms with E-state index < -0.39 is 35.6 Å². The van der Waals surface area contributed by atoms with E-state index in [0.717, 1.165) is 5.13 Å². The van der Waals surface area contributed by atoms with Gasteiger partial charge in [0.2, 0.25) is 0 Å². The molecule has 10 nitrogen and oxygen atoms in total. The van der Waals surface area contributed by atoms with E-state index in [2.05, 4.69) is 25.9 Å². The average Bonchev–Trinajstić information content (AvgIpc) is 3.24. The number of ether oxygens (including phenoxy) is 1. The number of thiazole rings is 1. The molecule has 2 aromatic heterocycles. The zero-order valence-corrected chi connectivity index (χ0v) is 19.5. The number of hydrogen-bond donors (Lipinski definition) is 3. The molecule has 0 radical (unpaired) electrons. The summed E-state index contributed by atoms with van der Waals surface area (Å²) in [6.45, 7) is 6.31. The maximum atomic E-state index is 12.5. The Morgan fingerprint density at radius 2 is 1.94 bits per heavy atom. The van der Waals surface area contributed by atoms with Gasteiger partial charge in [0.1, 0.15) is 11.4 Å². The van der Waals surface area contributed by atoms with Gasteiger partial charge < -0.3 is 25.6 Å². The largest absolute Gasteiger partial charge is 0.444 e. The van der Waals surface area contributed by atoms with Crippen LogP contribution >= 0.6 is 22.9 Å². The van der Waals surface area contributed by atoms with Gasteiger partial charge in [-0.25, -0.2) is 14.8 Å². The van der Waals surface area contributed by atoms with Crippen LogP contribution in [-0.2, 0) is 14.3 Å². The Morgan fingerprint density at radius 1 is 1.16 bits per heavy atom. The van der Waals surface area contributed by atoms with Crippen molar-refractivity contribution in [3.8, 4) is 0 Å². The zero-order chi connectivity index (χ0) is 23.3. The lowest BCUT2D eigenvalue weighted by molar-refractivity contribution is -0.136. The highest BCUT2D eigenvalue weighted by Gasteiger charge is 2.34. The monoisotopic (exact) mass is 480 g/mol. The number of nitrogens with one attached hydrogen (secondary N) is 3. The quantitative estimate of drug-likeness (QED) is 0.573. The predicted molar refractivity (Wildman–Crippen MR) is 122 cm³/mol. The lowest BCUT2D eigenvalue weighted by atomic mass is 9.99. The van der Waals surface area contributed by atoms with Crippen molar-refractivity contribution in [2.45, 2.75) is 44.9 Å². The number of halogens is 1. The number of alkyl carbamates (subject to hydrolysis) is 1. The topological polar surface area (TPSA) is 126 Å². The van der Waals surface area contributed by atoms with E-state index in [-0.39, 0.29) is 5.82 Å². The van der Waals surface area contributed by atoms with Crippen molar-refractivity contribution in [3.05, 3.63) is 34.9 Å². The molecule has 0 unspecified atom stereocenters. The Balaban J connectivity index is 1.66. The maximum Gasteiger partial charge on any atom is 0.408 e. The fourth-order valence-corrected chi connectivity index (χ4v) is 3.92. The van der Waals surface area contributed by atoms with Crippen molar-refractivity contribution in [3.63, 3.8) is 0 Å². The summed E-state index contributed by atoms with van der Waals surface area (Å²) < 4.78 is 5.36. The van der Waals surface area contributed by atoms with Gasteiger partial charge in [-0.2, -0.15) is 0 Å². The third kappa shape index (κ3) is 6.79. The molecule has 3 amide bonds. The van der Waals surface area contributed by atoms with E-state index in [1.165, 1.54) is 23.6 Å². The van der Waals surface area contributed by atoms with E-state index in [0.29, 0.717) is 24.5 Å². The Bertz CT molecular complexity index is 948. The van der Waals surface area contributed by atoms with Gasteiger partial charge in [0, 0.05) is 30.9 Å². The highest BCUT2D eigenvalue weighted by Crippen LogP contribution is 2.23. The molecule has 0 spiro atoms. The lowest BCUT2D eigenvalue weighted by Gasteiger charge is -2.39. The standard InChI is InChI=1S/C20H25ClN6O4S/c1-20(2,3)31-19(30)25-14-11-27(18-22-7-9-32-18)8-6-13(14)24-16(28)17(29)26-15-5-4-12(21)10-23-15/h4-5,7,9-10,13-14H,6,8,11H2,1-3H3,(H,24,28)(H,25,30)(H,23,26,29)/t13-,14+/m0/s1. The molecule has 12 heteroatoms. The fraction of sp³-hybridized carbons (Fsp3) is 0.450. The molecular weight excluding hydrogens is 456 g/mol. The number of aromatic nitrogens is 2. The maximum absolute atomic E-state index is 12.5. The first kappa shape index (κ1) is 23.7. The van der Waals surface area contributed by atoms with E-state index in [1.807, 2.05) is 10.3 Å². The molecule has 1 saturated heterocycles. The van der Waals surface area contributed by atoms with Gasteiger partial charge >= 0.3 is 17.9 Å². The molecule has 3 rings (SSSR count). The average molecular weight is 481 g/mol. The van der Waals surface area contributed by atoms with Crippen molar-refractivity contribution in [1.82, 2.24) is 20.6 Å². The van der Waals surface area contributed by atoms with Gasteiger partial charge in [0.05, 0.1) is 17.1 Å². The summed E-state index contributed by atoms with van der Waals surface area (Å²) in [4.78, 5) is 47.5. The molecule has 3 heterocycles. The van der Waals surface area contributed by atoms with Crippen molar-refractivity contribution < 1.29 is 19.1 Å². The minimum atomic E-state index is -0.863. The fourth-order valence-electron chi connectivity index (χ4n) is 3.13. The third-order valence-electron chi connectivity index (χ3n) is 4.50.